The number of amides is 3. The number of nitrogens with zero attached hydrogens (tertiary/aromatic N) is 1. The van der Waals surface area contributed by atoms with Gasteiger partial charge in [0.2, 0.25) is 17.7 Å². The van der Waals surface area contributed by atoms with E-state index < -0.39 is 45.3 Å². The van der Waals surface area contributed by atoms with Gasteiger partial charge in [0, 0.05) is 6.42 Å². The lowest BCUT2D eigenvalue weighted by molar-refractivity contribution is -0.146. The highest BCUT2D eigenvalue weighted by molar-refractivity contribution is 6.44. The Morgan fingerprint density at radius 3 is 1.69 bits per heavy atom. The number of nitrogens with one attached hydrogen (secondary N) is 1. The summed E-state index contributed by atoms with van der Waals surface area (Å²) in [5, 5.41) is 3.21. The third-order valence-corrected chi connectivity index (χ3v) is 10.8. The number of likely N-dealkylation sites (tertiary alicyclic amines) is 1. The van der Waals surface area contributed by atoms with Gasteiger partial charge in [0.15, 0.2) is 0 Å². The molecule has 0 aromatic heterocycles. The van der Waals surface area contributed by atoms with Crippen LogP contribution < -0.4 is 5.32 Å². The van der Waals surface area contributed by atoms with Gasteiger partial charge in [-0.25, -0.2) is 0 Å². The number of hydrogen-bond acceptors (Lipinski definition) is 3. The van der Waals surface area contributed by atoms with Crippen molar-refractivity contribution in [1.82, 2.24) is 4.90 Å². The van der Waals surface area contributed by atoms with Crippen molar-refractivity contribution in [3.8, 4) is 0 Å². The summed E-state index contributed by atoms with van der Waals surface area (Å²) in [6.07, 6.45) is 0.0756. The highest BCUT2D eigenvalue weighted by Crippen LogP contribution is 2.69. The van der Waals surface area contributed by atoms with Gasteiger partial charge in [0.1, 0.15) is 15.8 Å². The first kappa shape index (κ1) is 27.5. The predicted molar refractivity (Wildman–Crippen MR) is 164 cm³/mol. The van der Waals surface area contributed by atoms with Crippen LogP contribution in [0.3, 0.4) is 0 Å². The average Bonchev–Trinajstić information content (AvgIpc) is 3.28. The van der Waals surface area contributed by atoms with Crippen LogP contribution in [0.15, 0.2) is 97.1 Å². The molecule has 3 amide bonds. The quantitative estimate of drug-likeness (QED) is 0.187. The van der Waals surface area contributed by atoms with E-state index in [1.807, 2.05) is 78.9 Å². The van der Waals surface area contributed by atoms with E-state index in [0.717, 1.165) is 10.5 Å². The van der Waals surface area contributed by atoms with Crippen LogP contribution in [0, 0.1) is 11.8 Å². The molecule has 0 spiro atoms. The standard InChI is InChI=1S/C33H22Cl4N2O3/c34-23-15-8-16-24(28(23)35)38-29(40)25(17-18-9-2-1-3-10-18)39-30(41)26-27(31(39)42)33(37)20-12-5-4-11-19(20)32(26,36)21-13-6-7-14-22(21)33/h1-16,25-27H,17H2,(H,38,40)/t25-,26-,27-,32?,33?/m0/s1. The van der Waals surface area contributed by atoms with Crippen LogP contribution in [0.25, 0.3) is 0 Å². The Morgan fingerprint density at radius 2 is 1.19 bits per heavy atom. The number of benzene rings is 4. The molecule has 1 N–H and O–H groups in total. The van der Waals surface area contributed by atoms with Crippen LogP contribution in [-0.4, -0.2) is 28.7 Å². The van der Waals surface area contributed by atoms with Crippen molar-refractivity contribution in [2.45, 2.75) is 22.2 Å². The molecule has 1 saturated heterocycles. The minimum absolute atomic E-state index is 0.0756. The van der Waals surface area contributed by atoms with Crippen LogP contribution in [-0.2, 0) is 30.6 Å². The summed E-state index contributed by atoms with van der Waals surface area (Å²) in [5.74, 6) is -3.70. The van der Waals surface area contributed by atoms with E-state index in [2.05, 4.69) is 5.32 Å². The minimum atomic E-state index is -1.35. The fourth-order valence-electron chi connectivity index (χ4n) is 6.95. The van der Waals surface area contributed by atoms with Crippen LogP contribution in [0.5, 0.6) is 0 Å². The molecule has 1 fully saturated rings. The fraction of sp³-hybridized carbons (Fsp3) is 0.182. The molecular formula is C33H22Cl4N2O3. The molecule has 4 aromatic carbocycles. The van der Waals surface area contributed by atoms with E-state index >= 15 is 0 Å². The maximum absolute atomic E-state index is 14.6. The molecule has 0 radical (unpaired) electrons. The molecular weight excluding hydrogens is 614 g/mol. The lowest BCUT2D eigenvalue weighted by Crippen LogP contribution is -2.57. The number of rotatable bonds is 5. The SMILES string of the molecule is O=C(Nc1cccc(Cl)c1Cl)[C@H](Cc1ccccc1)N1C(=O)[C@@H]2[C@@H](C1=O)C1(Cl)c3ccccc3C2(Cl)c2ccccc21. The summed E-state index contributed by atoms with van der Waals surface area (Å²) in [6.45, 7) is 0. The van der Waals surface area contributed by atoms with Crippen molar-refractivity contribution in [3.05, 3.63) is 135 Å². The van der Waals surface area contributed by atoms with Gasteiger partial charge < -0.3 is 5.32 Å². The molecule has 3 atom stereocenters. The number of anilines is 1. The zero-order valence-corrected chi connectivity index (χ0v) is 24.9. The second kappa shape index (κ2) is 9.85. The van der Waals surface area contributed by atoms with E-state index in [9.17, 15) is 14.4 Å². The van der Waals surface area contributed by atoms with Gasteiger partial charge in [-0.3, -0.25) is 19.3 Å². The second-order valence-corrected chi connectivity index (χ2v) is 12.8. The highest BCUT2D eigenvalue weighted by Gasteiger charge is 2.73. The topological polar surface area (TPSA) is 66.5 Å². The van der Waals surface area contributed by atoms with Gasteiger partial charge in [-0.1, -0.05) is 108 Å². The number of hydrogen-bond donors (Lipinski definition) is 1. The third kappa shape index (κ3) is 3.67. The summed E-state index contributed by atoms with van der Waals surface area (Å²) < 4.78 is 0. The zero-order valence-electron chi connectivity index (χ0n) is 21.9. The molecule has 8 rings (SSSR count). The number of halogens is 4. The van der Waals surface area contributed by atoms with Crippen LogP contribution in [0.1, 0.15) is 27.8 Å². The third-order valence-electron chi connectivity index (χ3n) is 8.72. The number of imide groups is 1. The maximum Gasteiger partial charge on any atom is 0.248 e. The molecule has 1 heterocycles. The lowest BCUT2D eigenvalue weighted by atomic mass is 9.54. The van der Waals surface area contributed by atoms with Gasteiger partial charge in [-0.15, -0.1) is 23.2 Å². The summed E-state index contributed by atoms with van der Waals surface area (Å²) in [7, 11) is 0. The van der Waals surface area contributed by atoms with Crippen molar-refractivity contribution in [1.29, 1.82) is 0 Å². The Bertz CT molecular complexity index is 1670. The van der Waals surface area contributed by atoms with E-state index in [4.69, 9.17) is 46.4 Å². The van der Waals surface area contributed by atoms with Crippen LogP contribution in [0.4, 0.5) is 5.69 Å². The Kier molecular flexibility index (Phi) is 6.45. The van der Waals surface area contributed by atoms with Crippen molar-refractivity contribution < 1.29 is 14.4 Å². The van der Waals surface area contributed by atoms with E-state index in [1.54, 1.807) is 18.2 Å². The van der Waals surface area contributed by atoms with Crippen LogP contribution in [0.2, 0.25) is 10.0 Å². The predicted octanol–water partition coefficient (Wildman–Crippen LogP) is 7.14. The normalized spacial score (nSPS) is 26.0. The summed E-state index contributed by atoms with van der Waals surface area (Å²) in [5.41, 5.74) is 3.81. The number of alkyl halides is 2. The minimum Gasteiger partial charge on any atom is -0.323 e. The first-order valence-corrected chi connectivity index (χ1v) is 14.9. The molecule has 0 saturated carbocycles. The zero-order chi connectivity index (χ0) is 29.4. The Labute approximate surface area is 262 Å². The smallest absolute Gasteiger partial charge is 0.248 e. The van der Waals surface area contributed by atoms with Gasteiger partial charge in [-0.05, 0) is 39.9 Å². The van der Waals surface area contributed by atoms with Crippen molar-refractivity contribution in [2.75, 3.05) is 5.32 Å². The molecule has 0 unspecified atom stereocenters. The van der Waals surface area contributed by atoms with Crippen molar-refractivity contribution in [2.24, 2.45) is 11.8 Å². The molecule has 4 aliphatic rings. The number of carbonyl (C=O) groups is 3. The molecule has 210 valence electrons. The Hall–Kier alpha value is -3.35. The first-order chi connectivity index (χ1) is 20.2. The van der Waals surface area contributed by atoms with E-state index in [0.29, 0.717) is 22.3 Å². The Morgan fingerprint density at radius 1 is 0.714 bits per heavy atom. The second-order valence-electron chi connectivity index (χ2n) is 10.8. The largest absolute Gasteiger partial charge is 0.323 e. The molecule has 5 nitrogen and oxygen atoms in total. The van der Waals surface area contributed by atoms with Crippen molar-refractivity contribution >= 4 is 69.8 Å². The first-order valence-electron chi connectivity index (χ1n) is 13.4. The molecule has 42 heavy (non-hydrogen) atoms. The van der Waals surface area contributed by atoms with Crippen LogP contribution >= 0.6 is 46.4 Å². The molecule has 3 aliphatic carbocycles. The van der Waals surface area contributed by atoms with Gasteiger partial charge in [0.05, 0.1) is 27.6 Å². The molecule has 1 aliphatic heterocycles. The summed E-state index contributed by atoms with van der Waals surface area (Å²) in [6, 6.07) is 27.7. The maximum atomic E-state index is 14.6. The lowest BCUT2D eigenvalue weighted by Gasteiger charge is -2.54. The Balaban J connectivity index is 1.37. The van der Waals surface area contributed by atoms with Gasteiger partial charge >= 0.3 is 0 Å². The number of carbonyl (C=O) groups excluding carboxylic acids is 3. The van der Waals surface area contributed by atoms with E-state index in [-0.39, 0.29) is 22.2 Å². The summed E-state index contributed by atoms with van der Waals surface area (Å²) >= 11 is 27.7. The highest BCUT2D eigenvalue weighted by atomic mass is 35.5. The average molecular weight is 636 g/mol. The van der Waals surface area contributed by atoms with E-state index in [1.165, 1.54) is 0 Å². The molecule has 2 bridgehead atoms. The fourth-order valence-corrected chi connectivity index (χ4v) is 8.40. The monoisotopic (exact) mass is 634 g/mol. The molecule has 9 heteroatoms. The summed E-state index contributed by atoms with van der Waals surface area (Å²) in [4.78, 5) is 41.5. The molecule has 4 aromatic rings. The van der Waals surface area contributed by atoms with Gasteiger partial charge in [0.25, 0.3) is 0 Å². The van der Waals surface area contributed by atoms with Crippen molar-refractivity contribution in [3.63, 3.8) is 0 Å². The van der Waals surface area contributed by atoms with Gasteiger partial charge in [-0.2, -0.15) is 0 Å².